The third-order valence-corrected chi connectivity index (χ3v) is 2.83. The molecule has 0 heterocycles. The summed E-state index contributed by atoms with van der Waals surface area (Å²) in [6.45, 7) is 2.68. The third-order valence-electron chi connectivity index (χ3n) is 2.83. The average Bonchev–Trinajstić information content (AvgIpc) is 2.27. The number of likely N-dealkylation sites (N-methyl/N-ethyl adjacent to an activating group) is 1. The first-order valence-corrected chi connectivity index (χ1v) is 6.15. The zero-order valence-electron chi connectivity index (χ0n) is 11.5. The lowest BCUT2D eigenvalue weighted by Gasteiger charge is -2.19. The molecule has 5 heteroatoms. The first kappa shape index (κ1) is 15.4. The van der Waals surface area contributed by atoms with E-state index in [1.165, 1.54) is 13.2 Å². The maximum Gasteiger partial charge on any atom is 0.317 e. The lowest BCUT2D eigenvalue weighted by atomic mass is 10.0. The third kappa shape index (κ3) is 5.26. The normalized spacial score (nSPS) is 12.5. The number of ether oxygens (including phenoxy) is 1. The molecular weight excluding hydrogens is 249 g/mol. The van der Waals surface area contributed by atoms with E-state index in [4.69, 9.17) is 9.84 Å². The molecule has 19 heavy (non-hydrogen) atoms. The summed E-state index contributed by atoms with van der Waals surface area (Å²) in [5.74, 6) is -0.729. The van der Waals surface area contributed by atoms with Gasteiger partial charge in [0, 0.05) is 6.54 Å². The lowest BCUT2D eigenvalue weighted by Crippen LogP contribution is -2.30. The molecule has 0 fully saturated rings. The van der Waals surface area contributed by atoms with Crippen molar-refractivity contribution in [2.24, 2.45) is 5.92 Å². The largest absolute Gasteiger partial charge is 0.494 e. The number of nitrogens with zero attached hydrogens (tertiary/aromatic N) is 1. The Balaban J connectivity index is 2.54. The standard InChI is InChI=1S/C14H20FNO3/c1-10(8-16(2)9-14(17)18)6-11-4-5-13(19-3)12(15)7-11/h4-5,7,10H,6,8-9H2,1-3H3,(H,17,18). The summed E-state index contributed by atoms with van der Waals surface area (Å²) in [5, 5.41) is 8.68. The number of carboxylic acids is 1. The fourth-order valence-corrected chi connectivity index (χ4v) is 2.13. The van der Waals surface area contributed by atoms with Gasteiger partial charge in [-0.2, -0.15) is 0 Å². The quantitative estimate of drug-likeness (QED) is 0.823. The predicted molar refractivity (Wildman–Crippen MR) is 71.0 cm³/mol. The Kier molecular flexibility index (Phi) is 5.76. The van der Waals surface area contributed by atoms with Crippen LogP contribution < -0.4 is 4.74 Å². The van der Waals surface area contributed by atoms with Crippen molar-refractivity contribution in [1.29, 1.82) is 0 Å². The summed E-state index contributed by atoms with van der Waals surface area (Å²) in [7, 11) is 3.20. The van der Waals surface area contributed by atoms with E-state index in [1.54, 1.807) is 18.0 Å². The summed E-state index contributed by atoms with van der Waals surface area (Å²) >= 11 is 0. The number of carbonyl (C=O) groups is 1. The van der Waals surface area contributed by atoms with Crippen LogP contribution in [0, 0.1) is 11.7 Å². The van der Waals surface area contributed by atoms with Gasteiger partial charge in [0.15, 0.2) is 11.6 Å². The minimum absolute atomic E-state index is 0.0152. The first-order chi connectivity index (χ1) is 8.92. The molecule has 1 N–H and O–H groups in total. The number of benzene rings is 1. The molecule has 4 nitrogen and oxygen atoms in total. The number of hydrogen-bond acceptors (Lipinski definition) is 3. The Bertz CT molecular complexity index is 437. The van der Waals surface area contributed by atoms with Crippen LogP contribution in [0.3, 0.4) is 0 Å². The van der Waals surface area contributed by atoms with Gasteiger partial charge in [-0.25, -0.2) is 4.39 Å². The lowest BCUT2D eigenvalue weighted by molar-refractivity contribution is -0.138. The van der Waals surface area contributed by atoms with Gasteiger partial charge in [0.25, 0.3) is 0 Å². The Hall–Kier alpha value is -1.62. The van der Waals surface area contributed by atoms with Crippen LogP contribution in [-0.2, 0) is 11.2 Å². The SMILES string of the molecule is COc1ccc(CC(C)CN(C)CC(=O)O)cc1F. The van der Waals surface area contributed by atoms with Gasteiger partial charge in [-0.1, -0.05) is 13.0 Å². The van der Waals surface area contributed by atoms with Crippen molar-refractivity contribution >= 4 is 5.97 Å². The summed E-state index contributed by atoms with van der Waals surface area (Å²) in [5.41, 5.74) is 0.884. The molecule has 0 radical (unpaired) electrons. The number of hydrogen-bond donors (Lipinski definition) is 1. The second kappa shape index (κ2) is 7.09. The highest BCUT2D eigenvalue weighted by Gasteiger charge is 2.11. The highest BCUT2D eigenvalue weighted by atomic mass is 19.1. The molecule has 1 atom stereocenters. The molecule has 0 aliphatic carbocycles. The molecule has 0 spiro atoms. The van der Waals surface area contributed by atoms with Gasteiger partial charge >= 0.3 is 5.97 Å². The zero-order chi connectivity index (χ0) is 14.4. The summed E-state index contributed by atoms with van der Waals surface area (Å²) in [4.78, 5) is 12.3. The van der Waals surface area contributed by atoms with E-state index >= 15 is 0 Å². The fourth-order valence-electron chi connectivity index (χ4n) is 2.13. The highest BCUT2D eigenvalue weighted by Crippen LogP contribution is 2.19. The van der Waals surface area contributed by atoms with Crippen molar-refractivity contribution in [3.8, 4) is 5.75 Å². The number of halogens is 1. The van der Waals surface area contributed by atoms with Crippen LogP contribution >= 0.6 is 0 Å². The van der Waals surface area contributed by atoms with Crippen molar-refractivity contribution < 1.29 is 19.0 Å². The van der Waals surface area contributed by atoms with Crippen LogP contribution in [-0.4, -0.2) is 43.2 Å². The first-order valence-electron chi connectivity index (χ1n) is 6.15. The van der Waals surface area contributed by atoms with Crippen LogP contribution in [0.4, 0.5) is 4.39 Å². The second-order valence-electron chi connectivity index (χ2n) is 4.87. The van der Waals surface area contributed by atoms with Crippen molar-refractivity contribution in [3.63, 3.8) is 0 Å². The molecule has 0 saturated heterocycles. The average molecular weight is 269 g/mol. The van der Waals surface area contributed by atoms with Gasteiger partial charge in [-0.3, -0.25) is 9.69 Å². The number of aliphatic carboxylic acids is 1. The molecule has 0 amide bonds. The molecular formula is C14H20FNO3. The van der Waals surface area contributed by atoms with E-state index in [1.807, 2.05) is 13.0 Å². The van der Waals surface area contributed by atoms with E-state index in [0.29, 0.717) is 13.0 Å². The van der Waals surface area contributed by atoms with Crippen molar-refractivity contribution in [1.82, 2.24) is 4.90 Å². The van der Waals surface area contributed by atoms with Crippen LogP contribution in [0.1, 0.15) is 12.5 Å². The summed E-state index contributed by atoms with van der Waals surface area (Å²) in [6.07, 6.45) is 0.699. The Morgan fingerprint density at radius 3 is 2.74 bits per heavy atom. The van der Waals surface area contributed by atoms with E-state index in [0.717, 1.165) is 5.56 Å². The molecule has 1 aromatic carbocycles. The molecule has 0 aromatic heterocycles. The molecule has 0 aliphatic heterocycles. The molecule has 106 valence electrons. The number of methoxy groups -OCH3 is 1. The summed E-state index contributed by atoms with van der Waals surface area (Å²) < 4.78 is 18.4. The van der Waals surface area contributed by atoms with Gasteiger partial charge in [0.05, 0.1) is 13.7 Å². The zero-order valence-corrected chi connectivity index (χ0v) is 11.5. The second-order valence-corrected chi connectivity index (χ2v) is 4.87. The van der Waals surface area contributed by atoms with E-state index in [9.17, 15) is 9.18 Å². The van der Waals surface area contributed by atoms with Gasteiger partial charge in [-0.05, 0) is 37.1 Å². The number of carboxylic acid groups (broad SMARTS) is 1. The topological polar surface area (TPSA) is 49.8 Å². The van der Waals surface area contributed by atoms with Crippen LogP contribution in [0.15, 0.2) is 18.2 Å². The van der Waals surface area contributed by atoms with E-state index in [2.05, 4.69) is 0 Å². The minimum atomic E-state index is -0.842. The molecule has 1 unspecified atom stereocenters. The monoisotopic (exact) mass is 269 g/mol. The smallest absolute Gasteiger partial charge is 0.317 e. The predicted octanol–water partition coefficient (Wildman–Crippen LogP) is 2.03. The molecule has 0 saturated carbocycles. The maximum absolute atomic E-state index is 13.5. The molecule has 1 rings (SSSR count). The van der Waals surface area contributed by atoms with Gasteiger partial charge in [0.1, 0.15) is 0 Å². The number of rotatable bonds is 7. The van der Waals surface area contributed by atoms with Crippen molar-refractivity contribution in [2.45, 2.75) is 13.3 Å². The van der Waals surface area contributed by atoms with Crippen LogP contribution in [0.25, 0.3) is 0 Å². The maximum atomic E-state index is 13.5. The Morgan fingerprint density at radius 1 is 1.53 bits per heavy atom. The molecule has 0 aliphatic rings. The van der Waals surface area contributed by atoms with Gasteiger partial charge in [-0.15, -0.1) is 0 Å². The van der Waals surface area contributed by atoms with Crippen molar-refractivity contribution in [2.75, 3.05) is 27.2 Å². The van der Waals surface area contributed by atoms with Crippen molar-refractivity contribution in [3.05, 3.63) is 29.6 Å². The van der Waals surface area contributed by atoms with Gasteiger partial charge < -0.3 is 9.84 Å². The van der Waals surface area contributed by atoms with E-state index < -0.39 is 5.97 Å². The fraction of sp³-hybridized carbons (Fsp3) is 0.500. The minimum Gasteiger partial charge on any atom is -0.494 e. The molecule has 1 aromatic rings. The Morgan fingerprint density at radius 2 is 2.21 bits per heavy atom. The van der Waals surface area contributed by atoms with Crippen LogP contribution in [0.2, 0.25) is 0 Å². The highest BCUT2D eigenvalue weighted by molar-refractivity contribution is 5.68. The van der Waals surface area contributed by atoms with E-state index in [-0.39, 0.29) is 24.0 Å². The van der Waals surface area contributed by atoms with Crippen LogP contribution in [0.5, 0.6) is 5.75 Å². The Labute approximate surface area is 112 Å². The summed E-state index contributed by atoms with van der Waals surface area (Å²) in [6, 6.07) is 4.90. The molecule has 0 bridgehead atoms. The van der Waals surface area contributed by atoms with Gasteiger partial charge in [0.2, 0.25) is 0 Å².